The van der Waals surface area contributed by atoms with E-state index in [0.717, 1.165) is 38.9 Å². The van der Waals surface area contributed by atoms with E-state index in [-0.39, 0.29) is 75.1 Å². The van der Waals surface area contributed by atoms with Crippen LogP contribution in [0.1, 0.15) is 94.2 Å². The smallest absolute Gasteiger partial charge is 0.338 e. The molecule has 0 aliphatic carbocycles. The molecule has 4 saturated heterocycles. The lowest BCUT2D eigenvalue weighted by atomic mass is 9.94. The van der Waals surface area contributed by atoms with Crippen LogP contribution < -0.4 is 0 Å². The Balaban J connectivity index is 0.895. The Hall–Kier alpha value is -11.3. The second kappa shape index (κ2) is 44.3. The molecule has 0 bridgehead atoms. The first kappa shape index (κ1) is 87.6. The Morgan fingerprint density at radius 2 is 0.524 bits per heavy atom. The minimum Gasteiger partial charge on any atom is -0.459 e. The predicted octanol–water partition coefficient (Wildman–Crippen LogP) is 15.3. The lowest BCUT2D eigenvalue weighted by Gasteiger charge is -2.52. The number of carbonyl (C=O) groups excluding carboxylic acids is 4. The van der Waals surface area contributed by atoms with Crippen LogP contribution in [0.4, 0.5) is 0 Å². The monoisotopic (exact) mass is 1680 g/mol. The van der Waals surface area contributed by atoms with Crippen molar-refractivity contribution in [2.45, 2.75) is 183 Å². The maximum absolute atomic E-state index is 15.4. The Labute approximate surface area is 720 Å². The topological polar surface area (TPSA) is 255 Å². The summed E-state index contributed by atoms with van der Waals surface area (Å²) >= 11 is 0. The van der Waals surface area contributed by atoms with E-state index in [2.05, 4.69) is 0 Å². The van der Waals surface area contributed by atoms with Gasteiger partial charge in [0.1, 0.15) is 73.8 Å². The number of ether oxygens (including phenoxy) is 18. The number of aliphatic hydroxyl groups is 1. The molecule has 11 aromatic rings. The highest BCUT2D eigenvalue weighted by atomic mass is 16.8. The standard InChI is InChI=1S/C101H100O23/c1-67-82(108-59-70-38-16-4-17-39-70)86(110-61-72-42-20-6-21-43-72)91(112-63-74-46-24-8-25-47-74)99(116-67)122-83-68(2)115-98(106)90(124-100-92(113-64-75-48-26-9-27-49-75)87(111-62-73-44-22-7-23-45-73)84(109-60-71-40-18-5-19-41-71)80(117-100)65-107-58-69-36-14-3-15-37-69)88(83)123-101-93(121-97(105)79-56-34-13-35-57-79)89(120-96(104)78-54-32-12-33-55-78)85(119-95(103)77-52-30-11-31-53-77)81(118-101)66-114-94(102)76-50-28-10-29-51-76/h3-57,67-68,80-93,98-101,106H,58-66H2,1-2H3/t67-,68-,80+,81+,82+,83-,84-,85-,86+,87-,88+,89-,90+,91-,92+,93+,98+,99-,100+,101-/m0/s1. The molecule has 0 saturated carbocycles. The first-order chi connectivity index (χ1) is 60.9. The molecular weight excluding hydrogens is 1580 g/mol. The van der Waals surface area contributed by atoms with Gasteiger partial charge in [0.05, 0.1) is 87.3 Å². The molecule has 4 fully saturated rings. The largest absolute Gasteiger partial charge is 0.459 e. The average Bonchev–Trinajstić information content (AvgIpc) is 0.755. The zero-order chi connectivity index (χ0) is 85.2. The molecule has 642 valence electrons. The van der Waals surface area contributed by atoms with Crippen LogP contribution in [0.15, 0.2) is 334 Å². The summed E-state index contributed by atoms with van der Waals surface area (Å²) in [4.78, 5) is 60.1. The number of carbonyl (C=O) groups is 4. The van der Waals surface area contributed by atoms with Gasteiger partial charge < -0.3 is 90.4 Å². The maximum atomic E-state index is 15.4. The van der Waals surface area contributed by atoms with Crippen LogP contribution in [0.3, 0.4) is 0 Å². The van der Waals surface area contributed by atoms with Gasteiger partial charge in [-0.15, -0.1) is 0 Å². The van der Waals surface area contributed by atoms with E-state index in [0.29, 0.717) is 0 Å². The van der Waals surface area contributed by atoms with Crippen molar-refractivity contribution in [3.05, 3.63) is 395 Å². The summed E-state index contributed by atoms with van der Waals surface area (Å²) < 4.78 is 127. The molecule has 23 nitrogen and oxygen atoms in total. The van der Waals surface area contributed by atoms with Crippen LogP contribution in [-0.2, 0) is 132 Å². The SMILES string of the molecule is C[C@@H]1O[C@@H](O)[C@H](O[C@H]2O[C@H](COCc3ccccc3)[C@H](OCc3ccccc3)[C@H](OCc3ccccc3)[C@H]2OCc2ccccc2)[C@H](O[C@@H]2O[C@H](COC(=O)c3ccccc3)[C@H](OC(=O)c3ccccc3)[C@H](OC(=O)c3ccccc3)[C@H]2OC(=O)c2ccccc2)[C@H]1O[C@@H]1O[C@@H](C)[C@@H](OCc2ccccc2)[C@@H](OCc2ccccc2)[C@@H]1OCc1ccccc1. The molecular formula is C101H100O23. The Kier molecular flexibility index (Phi) is 31.3. The lowest BCUT2D eigenvalue weighted by molar-refractivity contribution is -0.407. The molecule has 15 rings (SSSR count). The van der Waals surface area contributed by atoms with Crippen LogP contribution in [0.25, 0.3) is 0 Å². The minimum absolute atomic E-state index is 0.00368. The third kappa shape index (κ3) is 23.6. The van der Waals surface area contributed by atoms with Gasteiger partial charge >= 0.3 is 23.9 Å². The van der Waals surface area contributed by atoms with Crippen LogP contribution in [0, 0.1) is 0 Å². The van der Waals surface area contributed by atoms with Gasteiger partial charge in [-0.05, 0) is 101 Å². The summed E-state index contributed by atoms with van der Waals surface area (Å²) in [7, 11) is 0. The molecule has 0 spiro atoms. The van der Waals surface area contributed by atoms with Crippen LogP contribution in [0.5, 0.6) is 0 Å². The molecule has 11 aromatic carbocycles. The summed E-state index contributed by atoms with van der Waals surface area (Å²) in [6, 6.07) is 99.5. The molecule has 23 heteroatoms. The van der Waals surface area contributed by atoms with Crippen LogP contribution in [-0.4, -0.2) is 165 Å². The fourth-order valence-electron chi connectivity index (χ4n) is 15.4. The highest BCUT2D eigenvalue weighted by Gasteiger charge is 2.60. The molecule has 0 amide bonds. The summed E-state index contributed by atoms with van der Waals surface area (Å²) in [6.07, 6.45) is -29.5. The first-order valence-electron chi connectivity index (χ1n) is 41.7. The van der Waals surface area contributed by atoms with Crippen molar-refractivity contribution in [1.29, 1.82) is 0 Å². The van der Waals surface area contributed by atoms with Crippen molar-refractivity contribution < 1.29 is 110 Å². The van der Waals surface area contributed by atoms with Gasteiger partial charge in [0.25, 0.3) is 0 Å². The number of hydrogen-bond acceptors (Lipinski definition) is 23. The molecule has 20 atom stereocenters. The molecule has 0 aromatic heterocycles. The van der Waals surface area contributed by atoms with Gasteiger partial charge in [-0.3, -0.25) is 0 Å². The quantitative estimate of drug-likeness (QED) is 0.0280. The number of rotatable bonds is 37. The normalized spacial score (nSPS) is 26.2. The second-order valence-corrected chi connectivity index (χ2v) is 30.6. The van der Waals surface area contributed by atoms with Crippen molar-refractivity contribution in [3.63, 3.8) is 0 Å². The third-order valence-electron chi connectivity index (χ3n) is 21.8. The number of esters is 4. The van der Waals surface area contributed by atoms with E-state index < -0.39 is 153 Å². The van der Waals surface area contributed by atoms with E-state index in [1.807, 2.05) is 219 Å². The van der Waals surface area contributed by atoms with Crippen molar-refractivity contribution in [1.82, 2.24) is 0 Å². The predicted molar refractivity (Wildman–Crippen MR) is 453 cm³/mol. The Morgan fingerprint density at radius 1 is 0.250 bits per heavy atom. The molecule has 124 heavy (non-hydrogen) atoms. The number of benzene rings is 11. The highest BCUT2D eigenvalue weighted by Crippen LogP contribution is 2.42. The molecule has 4 aliphatic rings. The zero-order valence-corrected chi connectivity index (χ0v) is 68.6. The zero-order valence-electron chi connectivity index (χ0n) is 68.6. The highest BCUT2D eigenvalue weighted by molar-refractivity contribution is 5.91. The number of aliphatic hydroxyl groups excluding tert-OH is 1. The maximum Gasteiger partial charge on any atom is 0.338 e. The molecule has 4 aliphatic heterocycles. The Bertz CT molecular complexity index is 5030. The lowest BCUT2D eigenvalue weighted by Crippen LogP contribution is -2.69. The Morgan fingerprint density at radius 3 is 0.919 bits per heavy atom. The van der Waals surface area contributed by atoms with Gasteiger partial charge in [-0.2, -0.15) is 0 Å². The average molecular weight is 1680 g/mol. The van der Waals surface area contributed by atoms with Crippen LogP contribution >= 0.6 is 0 Å². The summed E-state index contributed by atoms with van der Waals surface area (Å²) in [5, 5.41) is 13.5. The van der Waals surface area contributed by atoms with Crippen molar-refractivity contribution in [3.8, 4) is 0 Å². The van der Waals surface area contributed by atoms with E-state index >= 15 is 9.59 Å². The van der Waals surface area contributed by atoms with Crippen LogP contribution in [0.2, 0.25) is 0 Å². The first-order valence-corrected chi connectivity index (χ1v) is 41.7. The van der Waals surface area contributed by atoms with Gasteiger partial charge in [0.15, 0.2) is 43.5 Å². The molecule has 1 N–H and O–H groups in total. The summed E-state index contributed by atoms with van der Waals surface area (Å²) in [6.45, 7) is 3.09. The summed E-state index contributed by atoms with van der Waals surface area (Å²) in [5.41, 5.74) is 6.07. The van der Waals surface area contributed by atoms with E-state index in [4.69, 9.17) is 85.3 Å². The third-order valence-corrected chi connectivity index (χ3v) is 21.8. The fourth-order valence-corrected chi connectivity index (χ4v) is 15.4. The van der Waals surface area contributed by atoms with Gasteiger partial charge in [-0.1, -0.05) is 285 Å². The minimum atomic E-state index is -2.07. The van der Waals surface area contributed by atoms with Crippen molar-refractivity contribution >= 4 is 23.9 Å². The molecule has 0 unspecified atom stereocenters. The van der Waals surface area contributed by atoms with Gasteiger partial charge in [0, 0.05) is 0 Å². The molecule has 0 radical (unpaired) electrons. The second-order valence-electron chi connectivity index (χ2n) is 30.6. The molecule has 4 heterocycles. The van der Waals surface area contributed by atoms with Gasteiger partial charge in [-0.25, -0.2) is 19.2 Å². The van der Waals surface area contributed by atoms with Crippen molar-refractivity contribution in [2.24, 2.45) is 0 Å². The fraction of sp³-hybridized carbons (Fsp3) is 0.307. The van der Waals surface area contributed by atoms with Gasteiger partial charge in [0.2, 0.25) is 0 Å². The van der Waals surface area contributed by atoms with E-state index in [9.17, 15) is 14.7 Å². The number of hydrogen-bond donors (Lipinski definition) is 1. The van der Waals surface area contributed by atoms with Crippen molar-refractivity contribution in [2.75, 3.05) is 13.2 Å². The van der Waals surface area contributed by atoms with E-state index in [1.54, 1.807) is 91.9 Å². The summed E-state index contributed by atoms with van der Waals surface area (Å²) in [5.74, 6) is -3.72. The van der Waals surface area contributed by atoms with E-state index in [1.165, 1.54) is 36.4 Å².